The lowest BCUT2D eigenvalue weighted by Gasteiger charge is -2.31. The van der Waals surface area contributed by atoms with Crippen molar-refractivity contribution in [2.24, 2.45) is 5.73 Å². The minimum Gasteiger partial charge on any atom is -0.452 e. The van der Waals surface area contributed by atoms with E-state index in [4.69, 9.17) is 22.1 Å². The van der Waals surface area contributed by atoms with Crippen molar-refractivity contribution in [3.63, 3.8) is 0 Å². The number of benzene rings is 1. The quantitative estimate of drug-likeness (QED) is 0.757. The number of carbonyl (C=O) groups is 1. The van der Waals surface area contributed by atoms with Gasteiger partial charge in [-0.05, 0) is 24.1 Å². The second-order valence-corrected chi connectivity index (χ2v) is 4.16. The van der Waals surface area contributed by atoms with Gasteiger partial charge in [-0.15, -0.1) is 0 Å². The largest absolute Gasteiger partial charge is 0.452 e. The number of methoxy groups -OCH3 is 1. The topological polar surface area (TPSA) is 55.6 Å². The Balaban J connectivity index is 2.45. The van der Waals surface area contributed by atoms with E-state index in [9.17, 15) is 4.79 Å². The highest BCUT2D eigenvalue weighted by Crippen LogP contribution is 2.34. The smallest absolute Gasteiger partial charge is 0.414 e. The zero-order valence-electron chi connectivity index (χ0n) is 8.94. The average Bonchev–Trinajstić information content (AvgIpc) is 2.28. The molecule has 1 amide bonds. The summed E-state index contributed by atoms with van der Waals surface area (Å²) in [6, 6.07) is 5.33. The van der Waals surface area contributed by atoms with E-state index < -0.39 is 0 Å². The summed E-state index contributed by atoms with van der Waals surface area (Å²) >= 11 is 5.92. The van der Waals surface area contributed by atoms with Gasteiger partial charge in [0.15, 0.2) is 0 Å². The molecule has 0 saturated carbocycles. The minimum absolute atomic E-state index is 0.0480. The van der Waals surface area contributed by atoms with Crippen LogP contribution in [0.1, 0.15) is 18.0 Å². The van der Waals surface area contributed by atoms with Crippen molar-refractivity contribution in [1.29, 1.82) is 0 Å². The van der Waals surface area contributed by atoms with Gasteiger partial charge in [0.25, 0.3) is 0 Å². The highest BCUT2D eigenvalue weighted by atomic mass is 35.5. The van der Waals surface area contributed by atoms with Gasteiger partial charge in [-0.3, -0.25) is 4.90 Å². The van der Waals surface area contributed by atoms with Crippen molar-refractivity contribution in [3.05, 3.63) is 28.8 Å². The van der Waals surface area contributed by atoms with E-state index in [-0.39, 0.29) is 12.1 Å². The number of hydrogen-bond donors (Lipinski definition) is 1. The number of amides is 1. The Morgan fingerprint density at radius 3 is 3.06 bits per heavy atom. The molecule has 0 radical (unpaired) electrons. The van der Waals surface area contributed by atoms with E-state index in [0.717, 1.165) is 17.7 Å². The monoisotopic (exact) mass is 240 g/mol. The molecule has 0 aromatic heterocycles. The Labute approximate surface area is 98.9 Å². The van der Waals surface area contributed by atoms with Gasteiger partial charge in [-0.1, -0.05) is 17.7 Å². The Morgan fingerprint density at radius 2 is 2.38 bits per heavy atom. The van der Waals surface area contributed by atoms with Crippen molar-refractivity contribution >= 4 is 23.4 Å². The van der Waals surface area contributed by atoms with E-state index in [2.05, 4.69) is 0 Å². The molecule has 86 valence electrons. The SMILES string of the molecule is COC(=O)N1CCC(N)c2ccc(Cl)cc21. The zero-order chi connectivity index (χ0) is 11.7. The third-order valence-corrected chi connectivity index (χ3v) is 2.98. The molecule has 1 aromatic rings. The third-order valence-electron chi connectivity index (χ3n) is 2.74. The summed E-state index contributed by atoms with van der Waals surface area (Å²) < 4.78 is 4.72. The molecule has 1 unspecified atom stereocenters. The van der Waals surface area contributed by atoms with Gasteiger partial charge in [0, 0.05) is 17.6 Å². The fraction of sp³-hybridized carbons (Fsp3) is 0.364. The Kier molecular flexibility index (Phi) is 3.03. The van der Waals surface area contributed by atoms with E-state index in [1.165, 1.54) is 7.11 Å². The maximum absolute atomic E-state index is 11.6. The highest BCUT2D eigenvalue weighted by Gasteiger charge is 2.27. The molecule has 0 bridgehead atoms. The van der Waals surface area contributed by atoms with E-state index in [1.807, 2.05) is 6.07 Å². The maximum Gasteiger partial charge on any atom is 0.414 e. The summed E-state index contributed by atoms with van der Waals surface area (Å²) in [5.74, 6) is 0. The van der Waals surface area contributed by atoms with Gasteiger partial charge in [0.1, 0.15) is 0 Å². The number of rotatable bonds is 0. The molecule has 1 aliphatic rings. The average molecular weight is 241 g/mol. The van der Waals surface area contributed by atoms with Crippen molar-refractivity contribution in [3.8, 4) is 0 Å². The summed E-state index contributed by atoms with van der Waals surface area (Å²) in [7, 11) is 1.36. The Morgan fingerprint density at radius 1 is 1.62 bits per heavy atom. The summed E-state index contributed by atoms with van der Waals surface area (Å²) in [6.07, 6.45) is 0.347. The van der Waals surface area contributed by atoms with Crippen LogP contribution in [0.25, 0.3) is 0 Å². The fourth-order valence-corrected chi connectivity index (χ4v) is 2.07. The van der Waals surface area contributed by atoms with Gasteiger partial charge >= 0.3 is 6.09 Å². The van der Waals surface area contributed by atoms with Crippen molar-refractivity contribution in [2.45, 2.75) is 12.5 Å². The Bertz CT molecular complexity index is 422. The number of nitrogens with two attached hydrogens (primary N) is 1. The van der Waals surface area contributed by atoms with Crippen molar-refractivity contribution < 1.29 is 9.53 Å². The first kappa shape index (κ1) is 11.2. The van der Waals surface area contributed by atoms with Crippen LogP contribution < -0.4 is 10.6 Å². The lowest BCUT2D eigenvalue weighted by atomic mass is 9.97. The zero-order valence-corrected chi connectivity index (χ0v) is 9.70. The first-order valence-corrected chi connectivity index (χ1v) is 5.42. The fourth-order valence-electron chi connectivity index (χ4n) is 1.91. The molecule has 2 rings (SSSR count). The molecule has 1 heterocycles. The normalized spacial score (nSPS) is 19.2. The lowest BCUT2D eigenvalue weighted by Crippen LogP contribution is -2.38. The van der Waals surface area contributed by atoms with Crippen LogP contribution in [0.15, 0.2) is 18.2 Å². The molecule has 4 nitrogen and oxygen atoms in total. The first-order chi connectivity index (χ1) is 7.63. The second-order valence-electron chi connectivity index (χ2n) is 3.72. The lowest BCUT2D eigenvalue weighted by molar-refractivity contribution is 0.178. The number of nitrogens with zero attached hydrogens (tertiary/aromatic N) is 1. The number of hydrogen-bond acceptors (Lipinski definition) is 3. The summed E-state index contributed by atoms with van der Waals surface area (Å²) in [5, 5.41) is 0.585. The maximum atomic E-state index is 11.6. The van der Waals surface area contributed by atoms with Crippen LogP contribution in [0, 0.1) is 0 Å². The van der Waals surface area contributed by atoms with E-state index >= 15 is 0 Å². The molecule has 1 atom stereocenters. The summed E-state index contributed by atoms with van der Waals surface area (Å²) in [6.45, 7) is 0.557. The third kappa shape index (κ3) is 1.86. The van der Waals surface area contributed by atoms with Gasteiger partial charge in [-0.2, -0.15) is 0 Å². The molecule has 0 spiro atoms. The van der Waals surface area contributed by atoms with Gasteiger partial charge in [-0.25, -0.2) is 4.79 Å². The molecule has 5 heteroatoms. The number of fused-ring (bicyclic) bond motifs is 1. The summed E-state index contributed by atoms with van der Waals surface area (Å²) in [4.78, 5) is 13.1. The van der Waals surface area contributed by atoms with Crippen molar-refractivity contribution in [1.82, 2.24) is 0 Å². The van der Waals surface area contributed by atoms with Gasteiger partial charge < -0.3 is 10.5 Å². The van der Waals surface area contributed by atoms with Crippen LogP contribution in [0.2, 0.25) is 5.02 Å². The predicted molar refractivity (Wildman–Crippen MR) is 62.7 cm³/mol. The molecular formula is C11H13ClN2O2. The standard InChI is InChI=1S/C11H13ClN2O2/c1-16-11(15)14-5-4-9(13)8-3-2-7(12)6-10(8)14/h2-3,6,9H,4-5,13H2,1H3. The second kappa shape index (κ2) is 4.31. The number of halogens is 1. The molecule has 16 heavy (non-hydrogen) atoms. The van der Waals surface area contributed by atoms with Crippen LogP contribution >= 0.6 is 11.6 Å². The van der Waals surface area contributed by atoms with Crippen LogP contribution in [0.4, 0.5) is 10.5 Å². The minimum atomic E-state index is -0.379. The van der Waals surface area contributed by atoms with Crippen LogP contribution in [0.5, 0.6) is 0 Å². The molecular weight excluding hydrogens is 228 g/mol. The van der Waals surface area contributed by atoms with E-state index in [0.29, 0.717) is 11.6 Å². The van der Waals surface area contributed by atoms with Crippen molar-refractivity contribution in [2.75, 3.05) is 18.6 Å². The molecule has 0 saturated heterocycles. The molecule has 1 aliphatic heterocycles. The number of ether oxygens (including phenoxy) is 1. The summed E-state index contributed by atoms with van der Waals surface area (Å²) in [5.41, 5.74) is 7.66. The first-order valence-electron chi connectivity index (χ1n) is 5.04. The van der Waals surface area contributed by atoms with Crippen LogP contribution in [-0.2, 0) is 4.74 Å². The van der Waals surface area contributed by atoms with Crippen LogP contribution in [-0.4, -0.2) is 19.7 Å². The van der Waals surface area contributed by atoms with Gasteiger partial charge in [0.2, 0.25) is 0 Å². The highest BCUT2D eigenvalue weighted by molar-refractivity contribution is 6.31. The van der Waals surface area contributed by atoms with Crippen LogP contribution in [0.3, 0.4) is 0 Å². The Hall–Kier alpha value is -1.26. The molecule has 2 N–H and O–H groups in total. The van der Waals surface area contributed by atoms with Gasteiger partial charge in [0.05, 0.1) is 12.8 Å². The molecule has 1 aromatic carbocycles. The predicted octanol–water partition coefficient (Wildman–Crippen LogP) is 2.32. The molecule has 0 fully saturated rings. The molecule has 0 aliphatic carbocycles. The van der Waals surface area contributed by atoms with E-state index in [1.54, 1.807) is 17.0 Å². The number of carbonyl (C=O) groups excluding carboxylic acids is 1. The number of anilines is 1.